The van der Waals surface area contributed by atoms with E-state index in [1.165, 1.54) is 13.5 Å². The number of rotatable bonds is 8. The molecule has 0 spiro atoms. The summed E-state index contributed by atoms with van der Waals surface area (Å²) in [6.07, 6.45) is 4.23. The van der Waals surface area contributed by atoms with Crippen LogP contribution in [0.15, 0.2) is 65.1 Å². The number of halogens is 2. The highest BCUT2D eigenvalue weighted by atomic mass is 79.9. The smallest absolute Gasteiger partial charge is 0.259 e. The molecule has 1 aliphatic carbocycles. The van der Waals surface area contributed by atoms with Gasteiger partial charge in [0.2, 0.25) is 5.91 Å². The van der Waals surface area contributed by atoms with Crippen LogP contribution in [0.1, 0.15) is 58.9 Å². The molecule has 2 atom stereocenters. The molecule has 0 aromatic heterocycles. The average molecular weight is 613 g/mol. The van der Waals surface area contributed by atoms with Crippen molar-refractivity contribution in [3.05, 3.63) is 86.8 Å². The lowest BCUT2D eigenvalue weighted by Crippen LogP contribution is -2.35. The van der Waals surface area contributed by atoms with E-state index in [2.05, 4.69) is 38.8 Å². The van der Waals surface area contributed by atoms with Crippen molar-refractivity contribution in [2.75, 3.05) is 17.7 Å². The molecule has 7 nitrogen and oxygen atoms in total. The molecule has 0 aliphatic heterocycles. The predicted molar refractivity (Wildman–Crippen MR) is 157 cm³/mol. The normalized spacial score (nSPS) is 16.7. The van der Waals surface area contributed by atoms with Crippen LogP contribution >= 0.6 is 27.5 Å². The number of methoxy groups -OCH3 is 1. The van der Waals surface area contributed by atoms with E-state index in [9.17, 15) is 14.4 Å². The third kappa shape index (κ3) is 7.40. The second-order valence-corrected chi connectivity index (χ2v) is 11.1. The summed E-state index contributed by atoms with van der Waals surface area (Å²) in [5, 5.41) is 8.94. The largest absolute Gasteiger partial charge is 0.496 e. The fraction of sp³-hybridized carbons (Fsp3) is 0.300. The minimum absolute atomic E-state index is 0.0269. The van der Waals surface area contributed by atoms with Crippen molar-refractivity contribution in [3.63, 3.8) is 0 Å². The highest BCUT2D eigenvalue weighted by Crippen LogP contribution is 2.30. The molecule has 3 aromatic rings. The van der Waals surface area contributed by atoms with E-state index in [-0.39, 0.29) is 33.9 Å². The third-order valence-electron chi connectivity index (χ3n) is 6.99. The molecule has 3 amide bonds. The van der Waals surface area contributed by atoms with Gasteiger partial charge in [0.05, 0.1) is 23.3 Å². The summed E-state index contributed by atoms with van der Waals surface area (Å²) < 4.78 is 6.26. The predicted octanol–water partition coefficient (Wildman–Crippen LogP) is 7.06. The van der Waals surface area contributed by atoms with Gasteiger partial charge >= 0.3 is 0 Å². The molecule has 1 saturated carbocycles. The van der Waals surface area contributed by atoms with Crippen LogP contribution in [-0.2, 0) is 11.3 Å². The number of benzene rings is 3. The van der Waals surface area contributed by atoms with Gasteiger partial charge in [0, 0.05) is 28.3 Å². The summed E-state index contributed by atoms with van der Waals surface area (Å²) in [7, 11) is 1.48. The minimum atomic E-state index is -0.432. The van der Waals surface area contributed by atoms with Crippen molar-refractivity contribution >= 4 is 56.6 Å². The van der Waals surface area contributed by atoms with Crippen LogP contribution in [0.25, 0.3) is 0 Å². The first kappa shape index (κ1) is 28.6. The van der Waals surface area contributed by atoms with Gasteiger partial charge in [0.25, 0.3) is 11.8 Å². The maximum absolute atomic E-state index is 13.2. The SMILES string of the molecule is COc1ccc(NC(=O)c2cc(CNC(=O)C3CCCCC3C)ccc2Cl)cc1C(=O)Nc1ccc(Br)cc1. The maximum atomic E-state index is 13.2. The quantitative estimate of drug-likeness (QED) is 0.254. The van der Waals surface area contributed by atoms with Crippen molar-refractivity contribution in [2.45, 2.75) is 39.2 Å². The lowest BCUT2D eigenvalue weighted by Gasteiger charge is -2.27. The number of nitrogens with one attached hydrogen (secondary N) is 3. The van der Waals surface area contributed by atoms with E-state index in [1.807, 2.05) is 12.1 Å². The molecule has 0 bridgehead atoms. The number of hydrogen-bond donors (Lipinski definition) is 3. The van der Waals surface area contributed by atoms with E-state index in [0.717, 1.165) is 29.3 Å². The summed E-state index contributed by atoms with van der Waals surface area (Å²) in [6, 6.07) is 17.1. The Morgan fingerprint density at radius 2 is 1.56 bits per heavy atom. The lowest BCUT2D eigenvalue weighted by molar-refractivity contribution is -0.127. The van der Waals surface area contributed by atoms with Crippen molar-refractivity contribution < 1.29 is 19.1 Å². The Bertz CT molecular complexity index is 1360. The van der Waals surface area contributed by atoms with Gasteiger partial charge < -0.3 is 20.7 Å². The molecule has 1 aliphatic rings. The van der Waals surface area contributed by atoms with Crippen LogP contribution in [-0.4, -0.2) is 24.8 Å². The molecule has 204 valence electrons. The molecule has 4 rings (SSSR count). The molecule has 1 fully saturated rings. The summed E-state index contributed by atoms with van der Waals surface area (Å²) >= 11 is 9.73. The van der Waals surface area contributed by atoms with E-state index in [0.29, 0.717) is 29.6 Å². The lowest BCUT2D eigenvalue weighted by atomic mass is 9.80. The Labute approximate surface area is 241 Å². The van der Waals surface area contributed by atoms with Crippen molar-refractivity contribution in [1.82, 2.24) is 5.32 Å². The van der Waals surface area contributed by atoms with Gasteiger partial charge in [-0.3, -0.25) is 14.4 Å². The molecule has 0 heterocycles. The third-order valence-corrected chi connectivity index (χ3v) is 7.85. The molecule has 3 aromatic carbocycles. The van der Waals surface area contributed by atoms with Gasteiger partial charge in [-0.2, -0.15) is 0 Å². The van der Waals surface area contributed by atoms with E-state index in [4.69, 9.17) is 16.3 Å². The standard InChI is InChI=1S/C30H31BrClN3O4/c1-18-5-3-4-6-23(18)28(36)33-17-19-7-13-26(32)24(15-19)29(37)35-22-12-14-27(39-2)25(16-22)30(38)34-21-10-8-20(31)9-11-21/h7-16,18,23H,3-6,17H2,1-2H3,(H,33,36)(H,34,38)(H,35,37). The summed E-state index contributed by atoms with van der Waals surface area (Å²) in [6.45, 7) is 2.44. The summed E-state index contributed by atoms with van der Waals surface area (Å²) in [4.78, 5) is 38.8. The number of ether oxygens (including phenoxy) is 1. The summed E-state index contributed by atoms with van der Waals surface area (Å²) in [5.41, 5.74) is 2.32. The monoisotopic (exact) mass is 611 g/mol. The zero-order valence-electron chi connectivity index (χ0n) is 21.9. The van der Waals surface area contributed by atoms with Crippen LogP contribution in [0.2, 0.25) is 5.02 Å². The van der Waals surface area contributed by atoms with Crippen LogP contribution in [0.4, 0.5) is 11.4 Å². The number of carbonyl (C=O) groups is 3. The van der Waals surface area contributed by atoms with Crippen LogP contribution in [0.3, 0.4) is 0 Å². The van der Waals surface area contributed by atoms with Gasteiger partial charge in [-0.25, -0.2) is 0 Å². The molecule has 0 saturated heterocycles. The zero-order valence-corrected chi connectivity index (χ0v) is 24.2. The molecule has 39 heavy (non-hydrogen) atoms. The van der Waals surface area contributed by atoms with Crippen LogP contribution < -0.4 is 20.7 Å². The Morgan fingerprint density at radius 3 is 2.28 bits per heavy atom. The number of anilines is 2. The van der Waals surface area contributed by atoms with E-state index >= 15 is 0 Å². The van der Waals surface area contributed by atoms with Gasteiger partial charge in [-0.15, -0.1) is 0 Å². The fourth-order valence-electron chi connectivity index (χ4n) is 4.78. The van der Waals surface area contributed by atoms with E-state index in [1.54, 1.807) is 48.5 Å². The fourth-order valence-corrected chi connectivity index (χ4v) is 5.24. The molecule has 0 radical (unpaired) electrons. The Balaban J connectivity index is 1.45. The zero-order chi connectivity index (χ0) is 27.9. The Kier molecular flexibility index (Phi) is 9.64. The first-order valence-electron chi connectivity index (χ1n) is 12.9. The molecular formula is C30H31BrClN3O4. The Morgan fingerprint density at radius 1 is 0.897 bits per heavy atom. The highest BCUT2D eigenvalue weighted by molar-refractivity contribution is 9.10. The minimum Gasteiger partial charge on any atom is -0.496 e. The molecule has 9 heteroatoms. The maximum Gasteiger partial charge on any atom is 0.259 e. The van der Waals surface area contributed by atoms with Gasteiger partial charge in [0.1, 0.15) is 5.75 Å². The first-order valence-corrected chi connectivity index (χ1v) is 14.0. The van der Waals surface area contributed by atoms with Crippen molar-refractivity contribution in [3.8, 4) is 5.75 Å². The summed E-state index contributed by atoms with van der Waals surface area (Å²) in [5.74, 6) is 0.00327. The number of amides is 3. The molecule has 2 unspecified atom stereocenters. The second kappa shape index (κ2) is 13.1. The van der Waals surface area contributed by atoms with Gasteiger partial charge in [-0.05, 0) is 78.9 Å². The second-order valence-electron chi connectivity index (χ2n) is 9.73. The number of hydrogen-bond acceptors (Lipinski definition) is 4. The number of carbonyl (C=O) groups excluding carboxylic acids is 3. The first-order chi connectivity index (χ1) is 18.7. The topological polar surface area (TPSA) is 96.5 Å². The van der Waals surface area contributed by atoms with Gasteiger partial charge in [-0.1, -0.05) is 53.4 Å². The van der Waals surface area contributed by atoms with E-state index < -0.39 is 5.91 Å². The molecule has 3 N–H and O–H groups in total. The van der Waals surface area contributed by atoms with Crippen molar-refractivity contribution in [2.24, 2.45) is 11.8 Å². The van der Waals surface area contributed by atoms with Crippen LogP contribution in [0, 0.1) is 11.8 Å². The van der Waals surface area contributed by atoms with Gasteiger partial charge in [0.15, 0.2) is 0 Å². The van der Waals surface area contributed by atoms with Crippen molar-refractivity contribution in [1.29, 1.82) is 0 Å². The molecular weight excluding hydrogens is 582 g/mol. The Hall–Kier alpha value is -3.36. The van der Waals surface area contributed by atoms with Crippen LogP contribution in [0.5, 0.6) is 5.75 Å². The highest BCUT2D eigenvalue weighted by Gasteiger charge is 2.27. The average Bonchev–Trinajstić information content (AvgIpc) is 2.93.